The second-order valence-corrected chi connectivity index (χ2v) is 7.12. The second-order valence-electron chi connectivity index (χ2n) is 5.92. The molecule has 0 aliphatic carbocycles. The molecule has 0 fully saturated rings. The van der Waals surface area contributed by atoms with Crippen LogP contribution in [0.2, 0.25) is 0 Å². The molecule has 2 N–H and O–H groups in total. The van der Waals surface area contributed by atoms with Gasteiger partial charge in [-0.2, -0.15) is 0 Å². The Balaban J connectivity index is 1.78. The average Bonchev–Trinajstić information content (AvgIpc) is 2.94. The number of aromatic nitrogens is 3. The number of carbonyl (C=O) groups excluding carboxylic acids is 1. The van der Waals surface area contributed by atoms with Gasteiger partial charge in [-0.15, -0.1) is 11.3 Å². The molecule has 0 aliphatic heterocycles. The Morgan fingerprint density at radius 2 is 1.96 bits per heavy atom. The van der Waals surface area contributed by atoms with Gasteiger partial charge in [0.2, 0.25) is 11.9 Å². The van der Waals surface area contributed by atoms with Crippen molar-refractivity contribution >= 4 is 34.6 Å². The van der Waals surface area contributed by atoms with Crippen molar-refractivity contribution in [2.24, 2.45) is 0 Å². The zero-order valence-corrected chi connectivity index (χ0v) is 15.9. The fourth-order valence-electron chi connectivity index (χ4n) is 2.57. The summed E-state index contributed by atoms with van der Waals surface area (Å²) in [6, 6.07) is 9.40. The minimum atomic E-state index is 0.0129. The molecule has 0 bridgehead atoms. The average molecular weight is 367 g/mol. The second kappa shape index (κ2) is 8.05. The summed E-state index contributed by atoms with van der Waals surface area (Å²) in [7, 11) is 0. The van der Waals surface area contributed by atoms with Crippen LogP contribution in [0, 0.1) is 13.8 Å². The van der Waals surface area contributed by atoms with E-state index in [-0.39, 0.29) is 5.91 Å². The molecule has 2 heterocycles. The molecule has 3 aromatic rings. The molecule has 26 heavy (non-hydrogen) atoms. The molecule has 0 aliphatic rings. The molecule has 3 rings (SSSR count). The van der Waals surface area contributed by atoms with Gasteiger partial charge >= 0.3 is 0 Å². The minimum absolute atomic E-state index is 0.0129. The molecular weight excluding hydrogens is 346 g/mol. The molecule has 6 nitrogen and oxygen atoms in total. The largest absolute Gasteiger partial charge is 0.326 e. The van der Waals surface area contributed by atoms with E-state index >= 15 is 0 Å². The van der Waals surface area contributed by atoms with Crippen LogP contribution in [0.5, 0.6) is 0 Å². The number of benzene rings is 1. The first-order chi connectivity index (χ1) is 12.5. The summed E-state index contributed by atoms with van der Waals surface area (Å²) in [6.45, 7) is 5.95. The van der Waals surface area contributed by atoms with E-state index in [0.29, 0.717) is 12.4 Å². The van der Waals surface area contributed by atoms with Gasteiger partial charge in [0.05, 0.1) is 21.3 Å². The lowest BCUT2D eigenvalue weighted by atomic mass is 10.2. The predicted molar refractivity (Wildman–Crippen MR) is 106 cm³/mol. The van der Waals surface area contributed by atoms with Gasteiger partial charge in [-0.05, 0) is 44.5 Å². The third-order valence-electron chi connectivity index (χ3n) is 3.67. The molecular formula is C19H21N5OS. The highest BCUT2D eigenvalue weighted by atomic mass is 32.1. The Hall–Kier alpha value is -2.80. The lowest BCUT2D eigenvalue weighted by Gasteiger charge is -2.09. The Morgan fingerprint density at radius 1 is 1.15 bits per heavy atom. The van der Waals surface area contributed by atoms with E-state index in [4.69, 9.17) is 0 Å². The standard InChI is InChI=1S/C19H21N5OS/c1-4-6-17(25)22-14-7-5-8-15(11-14)23-19-20-10-9-16(24-19)18-12(2)21-13(3)26-18/h5,7-11H,4,6H2,1-3H3,(H,22,25)(H,20,23,24). The molecule has 1 amide bonds. The molecule has 0 saturated carbocycles. The number of rotatable bonds is 6. The summed E-state index contributed by atoms with van der Waals surface area (Å²) in [4.78, 5) is 26.1. The number of hydrogen-bond acceptors (Lipinski definition) is 6. The number of hydrogen-bond donors (Lipinski definition) is 2. The maximum Gasteiger partial charge on any atom is 0.227 e. The van der Waals surface area contributed by atoms with Crippen LogP contribution < -0.4 is 10.6 Å². The van der Waals surface area contributed by atoms with Crippen molar-refractivity contribution in [3.05, 3.63) is 47.2 Å². The first-order valence-corrected chi connectivity index (χ1v) is 9.31. The molecule has 0 atom stereocenters. The van der Waals surface area contributed by atoms with Crippen LogP contribution in [0.25, 0.3) is 10.6 Å². The van der Waals surface area contributed by atoms with E-state index < -0.39 is 0 Å². The summed E-state index contributed by atoms with van der Waals surface area (Å²) >= 11 is 1.62. The van der Waals surface area contributed by atoms with Gasteiger partial charge in [0, 0.05) is 24.0 Å². The number of nitrogens with one attached hydrogen (secondary N) is 2. The number of amides is 1. The number of aryl methyl sites for hydroxylation is 2. The molecule has 134 valence electrons. The summed E-state index contributed by atoms with van der Waals surface area (Å²) < 4.78 is 0. The van der Waals surface area contributed by atoms with Crippen molar-refractivity contribution in [1.82, 2.24) is 15.0 Å². The molecule has 1 aromatic carbocycles. The molecule has 2 aromatic heterocycles. The van der Waals surface area contributed by atoms with E-state index in [9.17, 15) is 4.79 Å². The highest BCUT2D eigenvalue weighted by Gasteiger charge is 2.10. The van der Waals surface area contributed by atoms with Crippen LogP contribution in [0.1, 0.15) is 30.5 Å². The van der Waals surface area contributed by atoms with Gasteiger partial charge < -0.3 is 10.6 Å². The van der Waals surface area contributed by atoms with Gasteiger partial charge in [-0.1, -0.05) is 13.0 Å². The van der Waals surface area contributed by atoms with Crippen LogP contribution >= 0.6 is 11.3 Å². The van der Waals surface area contributed by atoms with Crippen LogP contribution in [0.15, 0.2) is 36.5 Å². The lowest BCUT2D eigenvalue weighted by molar-refractivity contribution is -0.116. The summed E-state index contributed by atoms with van der Waals surface area (Å²) in [5, 5.41) is 7.10. The highest BCUT2D eigenvalue weighted by molar-refractivity contribution is 7.15. The maximum absolute atomic E-state index is 11.8. The van der Waals surface area contributed by atoms with Crippen molar-refractivity contribution in [3.8, 4) is 10.6 Å². The number of thiazole rings is 1. The zero-order valence-electron chi connectivity index (χ0n) is 15.0. The fourth-order valence-corrected chi connectivity index (χ4v) is 3.46. The Kier molecular flexibility index (Phi) is 5.58. The highest BCUT2D eigenvalue weighted by Crippen LogP contribution is 2.29. The minimum Gasteiger partial charge on any atom is -0.326 e. The Labute approximate surface area is 156 Å². The molecule has 7 heteroatoms. The van der Waals surface area contributed by atoms with Crippen LogP contribution in [0.3, 0.4) is 0 Å². The van der Waals surface area contributed by atoms with Crippen LogP contribution in [-0.2, 0) is 4.79 Å². The SMILES string of the molecule is CCCC(=O)Nc1cccc(Nc2nccc(-c3sc(C)nc3C)n2)c1. The predicted octanol–water partition coefficient (Wildman–Crippen LogP) is 4.70. The van der Waals surface area contributed by atoms with E-state index in [2.05, 4.69) is 25.6 Å². The van der Waals surface area contributed by atoms with E-state index in [0.717, 1.165) is 39.1 Å². The number of nitrogens with zero attached hydrogens (tertiary/aromatic N) is 3. The molecule has 0 spiro atoms. The first kappa shape index (κ1) is 18.0. The summed E-state index contributed by atoms with van der Waals surface area (Å²) in [5.74, 6) is 0.518. The van der Waals surface area contributed by atoms with Crippen molar-refractivity contribution in [2.75, 3.05) is 10.6 Å². The van der Waals surface area contributed by atoms with Crippen molar-refractivity contribution in [1.29, 1.82) is 0 Å². The van der Waals surface area contributed by atoms with Gasteiger partial charge in [0.25, 0.3) is 0 Å². The van der Waals surface area contributed by atoms with Crippen LogP contribution in [0.4, 0.5) is 17.3 Å². The Bertz CT molecular complexity index is 922. The molecule has 0 unspecified atom stereocenters. The summed E-state index contributed by atoms with van der Waals surface area (Å²) in [5.41, 5.74) is 3.38. The lowest BCUT2D eigenvalue weighted by Crippen LogP contribution is -2.10. The van der Waals surface area contributed by atoms with Gasteiger partial charge in [0.15, 0.2) is 0 Å². The summed E-state index contributed by atoms with van der Waals surface area (Å²) in [6.07, 6.45) is 3.06. The number of anilines is 3. The first-order valence-electron chi connectivity index (χ1n) is 8.49. The maximum atomic E-state index is 11.8. The van der Waals surface area contributed by atoms with Crippen LogP contribution in [-0.4, -0.2) is 20.9 Å². The van der Waals surface area contributed by atoms with Crippen molar-refractivity contribution in [3.63, 3.8) is 0 Å². The zero-order chi connectivity index (χ0) is 18.5. The van der Waals surface area contributed by atoms with E-state index in [1.807, 2.05) is 51.1 Å². The van der Waals surface area contributed by atoms with Crippen molar-refractivity contribution < 1.29 is 4.79 Å². The molecule has 0 radical (unpaired) electrons. The normalized spacial score (nSPS) is 10.6. The topological polar surface area (TPSA) is 79.8 Å². The van der Waals surface area contributed by atoms with Crippen molar-refractivity contribution in [2.45, 2.75) is 33.6 Å². The van der Waals surface area contributed by atoms with Gasteiger partial charge in [-0.25, -0.2) is 15.0 Å². The monoisotopic (exact) mass is 367 g/mol. The van der Waals surface area contributed by atoms with E-state index in [1.165, 1.54) is 0 Å². The van der Waals surface area contributed by atoms with Gasteiger partial charge in [-0.3, -0.25) is 4.79 Å². The van der Waals surface area contributed by atoms with Gasteiger partial charge in [0.1, 0.15) is 0 Å². The number of carbonyl (C=O) groups is 1. The fraction of sp³-hybridized carbons (Fsp3) is 0.263. The molecule has 0 saturated heterocycles. The third kappa shape index (κ3) is 4.43. The Morgan fingerprint density at radius 3 is 2.69 bits per heavy atom. The quantitative estimate of drug-likeness (QED) is 0.660. The smallest absolute Gasteiger partial charge is 0.227 e. The van der Waals surface area contributed by atoms with E-state index in [1.54, 1.807) is 17.5 Å². The third-order valence-corrected chi connectivity index (χ3v) is 4.77.